The first-order valence-electron chi connectivity index (χ1n) is 9.14. The second-order valence-corrected chi connectivity index (χ2v) is 9.46. The van der Waals surface area contributed by atoms with Crippen LogP contribution < -0.4 is 14.4 Å². The lowest BCUT2D eigenvalue weighted by molar-refractivity contribution is 0.102. The molecule has 2 aromatic carbocycles. The van der Waals surface area contributed by atoms with Crippen molar-refractivity contribution in [1.82, 2.24) is 10.2 Å². The number of methoxy groups -OCH3 is 1. The Labute approximate surface area is 179 Å². The van der Waals surface area contributed by atoms with Crippen molar-refractivity contribution in [3.05, 3.63) is 58.6 Å². The average molecular weight is 447 g/mol. The molecule has 1 aromatic heterocycles. The van der Waals surface area contributed by atoms with Gasteiger partial charge in [0.2, 0.25) is 5.13 Å². The Kier molecular flexibility index (Phi) is 6.37. The van der Waals surface area contributed by atoms with Crippen LogP contribution in [-0.4, -0.2) is 38.7 Å². The Bertz CT molecular complexity index is 1180. The molecule has 158 valence electrons. The molecule has 0 saturated heterocycles. The van der Waals surface area contributed by atoms with E-state index < -0.39 is 15.9 Å². The monoisotopic (exact) mass is 446 g/mol. The first-order chi connectivity index (χ1) is 14.3. The minimum Gasteiger partial charge on any atom is -0.495 e. The second kappa shape index (κ2) is 8.80. The number of nitrogens with one attached hydrogen (secondary N) is 1. The summed E-state index contributed by atoms with van der Waals surface area (Å²) in [5.41, 5.74) is 1.29. The lowest BCUT2D eigenvalue weighted by Crippen LogP contribution is -2.27. The van der Waals surface area contributed by atoms with Crippen LogP contribution in [0, 0.1) is 6.92 Å². The van der Waals surface area contributed by atoms with E-state index in [1.807, 2.05) is 6.92 Å². The number of carbonyl (C=O) groups excluding carboxylic acids is 1. The van der Waals surface area contributed by atoms with Gasteiger partial charge in [0, 0.05) is 12.6 Å². The molecule has 0 fully saturated rings. The van der Waals surface area contributed by atoms with E-state index in [1.165, 1.54) is 37.6 Å². The van der Waals surface area contributed by atoms with Gasteiger partial charge in [-0.2, -0.15) is 0 Å². The molecule has 0 unspecified atom stereocenters. The summed E-state index contributed by atoms with van der Waals surface area (Å²) in [6.45, 7) is 3.69. The molecular formula is C20H22N4O4S2. The topological polar surface area (TPSA) is 101 Å². The quantitative estimate of drug-likeness (QED) is 0.596. The lowest BCUT2D eigenvalue weighted by Gasteiger charge is -2.22. The molecular weight excluding hydrogens is 424 g/mol. The van der Waals surface area contributed by atoms with E-state index in [2.05, 4.69) is 15.5 Å². The number of aryl methyl sites for hydroxylation is 2. The maximum atomic E-state index is 13.2. The van der Waals surface area contributed by atoms with Crippen molar-refractivity contribution in [2.45, 2.75) is 25.2 Å². The molecule has 10 heteroatoms. The van der Waals surface area contributed by atoms with Crippen molar-refractivity contribution in [2.75, 3.05) is 23.8 Å². The molecule has 0 aliphatic rings. The lowest BCUT2D eigenvalue weighted by atomic mass is 10.1. The molecule has 0 aliphatic carbocycles. The third kappa shape index (κ3) is 4.29. The Hall–Kier alpha value is -2.98. The number of anilines is 2. The smallest absolute Gasteiger partial charge is 0.264 e. The van der Waals surface area contributed by atoms with Crippen molar-refractivity contribution >= 4 is 38.1 Å². The molecule has 0 spiro atoms. The van der Waals surface area contributed by atoms with E-state index >= 15 is 0 Å². The summed E-state index contributed by atoms with van der Waals surface area (Å²) >= 11 is 1.28. The maximum Gasteiger partial charge on any atom is 0.264 e. The van der Waals surface area contributed by atoms with Crippen LogP contribution >= 0.6 is 11.3 Å². The van der Waals surface area contributed by atoms with Crippen LogP contribution in [0.1, 0.15) is 27.9 Å². The minimum atomic E-state index is -3.92. The number of ether oxygens (including phenoxy) is 1. The van der Waals surface area contributed by atoms with Gasteiger partial charge in [-0.3, -0.25) is 14.4 Å². The number of para-hydroxylation sites is 2. The average Bonchev–Trinajstić information content (AvgIpc) is 3.20. The van der Waals surface area contributed by atoms with Gasteiger partial charge in [0.05, 0.1) is 17.7 Å². The molecule has 30 heavy (non-hydrogen) atoms. The standard InChI is InChI=1S/C20H22N4O4S2/c1-5-18-22-23-20(29-18)21-19(25)15-12-14(11-10-13(15)2)30(26,27)24(3)16-8-6-7-9-17(16)28-4/h6-12H,5H2,1-4H3,(H,21,23,25). The van der Waals surface area contributed by atoms with Crippen LogP contribution in [0.25, 0.3) is 0 Å². The van der Waals surface area contributed by atoms with E-state index in [0.717, 1.165) is 15.7 Å². The summed E-state index contributed by atoms with van der Waals surface area (Å²) in [6.07, 6.45) is 0.718. The summed E-state index contributed by atoms with van der Waals surface area (Å²) in [6, 6.07) is 11.3. The van der Waals surface area contributed by atoms with Crippen LogP contribution in [0.2, 0.25) is 0 Å². The van der Waals surface area contributed by atoms with Crippen molar-refractivity contribution in [3.8, 4) is 5.75 Å². The Morgan fingerprint density at radius 2 is 1.93 bits per heavy atom. The Morgan fingerprint density at radius 1 is 1.20 bits per heavy atom. The Morgan fingerprint density at radius 3 is 2.60 bits per heavy atom. The van der Waals surface area contributed by atoms with Gasteiger partial charge in [0.1, 0.15) is 10.8 Å². The molecule has 3 rings (SSSR count). The fraction of sp³-hybridized carbons (Fsp3) is 0.250. The Balaban J connectivity index is 1.94. The summed E-state index contributed by atoms with van der Waals surface area (Å²) in [5, 5.41) is 11.8. The van der Waals surface area contributed by atoms with Gasteiger partial charge in [-0.05, 0) is 43.2 Å². The number of carbonyl (C=O) groups is 1. The van der Waals surface area contributed by atoms with Crippen LogP contribution in [0.5, 0.6) is 5.75 Å². The third-order valence-corrected chi connectivity index (χ3v) is 7.28. The molecule has 3 aromatic rings. The van der Waals surface area contributed by atoms with Crippen LogP contribution in [0.15, 0.2) is 47.4 Å². The van der Waals surface area contributed by atoms with Gasteiger partial charge >= 0.3 is 0 Å². The normalized spacial score (nSPS) is 11.2. The van der Waals surface area contributed by atoms with Crippen LogP contribution in [0.4, 0.5) is 10.8 Å². The molecule has 0 saturated carbocycles. The second-order valence-electron chi connectivity index (χ2n) is 6.43. The van der Waals surface area contributed by atoms with Crippen LogP contribution in [0.3, 0.4) is 0 Å². The van der Waals surface area contributed by atoms with Crippen molar-refractivity contribution in [3.63, 3.8) is 0 Å². The molecule has 0 aliphatic heterocycles. The van der Waals surface area contributed by atoms with E-state index in [0.29, 0.717) is 22.1 Å². The molecule has 0 atom stereocenters. The van der Waals surface area contributed by atoms with Gasteiger partial charge in [-0.25, -0.2) is 8.42 Å². The van der Waals surface area contributed by atoms with Gasteiger partial charge in [-0.1, -0.05) is 36.5 Å². The van der Waals surface area contributed by atoms with Crippen molar-refractivity contribution < 1.29 is 17.9 Å². The number of nitrogens with zero attached hydrogens (tertiary/aromatic N) is 3. The zero-order chi connectivity index (χ0) is 21.9. The number of aromatic nitrogens is 2. The van der Waals surface area contributed by atoms with Gasteiger partial charge < -0.3 is 4.74 Å². The minimum absolute atomic E-state index is 0.00170. The van der Waals surface area contributed by atoms with Gasteiger partial charge in [0.25, 0.3) is 15.9 Å². The van der Waals surface area contributed by atoms with Crippen LogP contribution in [-0.2, 0) is 16.4 Å². The summed E-state index contributed by atoms with van der Waals surface area (Å²) in [7, 11) is -1.00. The SMILES string of the molecule is CCc1nnc(NC(=O)c2cc(S(=O)(=O)N(C)c3ccccc3OC)ccc2C)s1. The van der Waals surface area contributed by atoms with E-state index in [9.17, 15) is 13.2 Å². The molecule has 0 bridgehead atoms. The highest BCUT2D eigenvalue weighted by molar-refractivity contribution is 7.92. The highest BCUT2D eigenvalue weighted by Crippen LogP contribution is 2.31. The van der Waals surface area contributed by atoms with E-state index in [4.69, 9.17) is 4.74 Å². The molecule has 1 N–H and O–H groups in total. The zero-order valence-corrected chi connectivity index (χ0v) is 18.7. The van der Waals surface area contributed by atoms with E-state index in [1.54, 1.807) is 37.3 Å². The number of sulfonamides is 1. The summed E-state index contributed by atoms with van der Waals surface area (Å²) in [5.74, 6) is -0.0139. The van der Waals surface area contributed by atoms with Crippen molar-refractivity contribution in [1.29, 1.82) is 0 Å². The predicted octanol–water partition coefficient (Wildman–Crippen LogP) is 3.49. The van der Waals surface area contributed by atoms with Gasteiger partial charge in [0.15, 0.2) is 0 Å². The molecule has 8 nitrogen and oxygen atoms in total. The molecule has 1 heterocycles. The largest absolute Gasteiger partial charge is 0.495 e. The number of rotatable bonds is 7. The first-order valence-corrected chi connectivity index (χ1v) is 11.4. The number of hydrogen-bond acceptors (Lipinski definition) is 7. The van der Waals surface area contributed by atoms with Gasteiger partial charge in [-0.15, -0.1) is 10.2 Å². The number of benzene rings is 2. The predicted molar refractivity (Wildman–Crippen MR) is 117 cm³/mol. The third-order valence-electron chi connectivity index (χ3n) is 4.53. The highest BCUT2D eigenvalue weighted by Gasteiger charge is 2.25. The van der Waals surface area contributed by atoms with Crippen molar-refractivity contribution in [2.24, 2.45) is 0 Å². The highest BCUT2D eigenvalue weighted by atomic mass is 32.2. The number of hydrogen-bond donors (Lipinski definition) is 1. The van der Waals surface area contributed by atoms with E-state index in [-0.39, 0.29) is 10.5 Å². The molecule has 0 radical (unpaired) electrons. The fourth-order valence-electron chi connectivity index (χ4n) is 2.80. The summed E-state index contributed by atoms with van der Waals surface area (Å²) in [4.78, 5) is 12.7. The fourth-order valence-corrected chi connectivity index (χ4v) is 4.70. The zero-order valence-electron chi connectivity index (χ0n) is 17.0. The number of amides is 1. The first kappa shape index (κ1) is 21.7. The summed E-state index contributed by atoms with van der Waals surface area (Å²) < 4.78 is 32.8. The maximum absolute atomic E-state index is 13.2. The molecule has 1 amide bonds.